The molecule has 0 aromatic heterocycles. The molecule has 0 heterocycles. The summed E-state index contributed by atoms with van der Waals surface area (Å²) in [5, 5.41) is 3.57. The van der Waals surface area contributed by atoms with Gasteiger partial charge >= 0.3 is 0 Å². The molecule has 0 fully saturated rings. The highest BCUT2D eigenvalue weighted by Gasteiger charge is 2.02. The fourth-order valence-corrected chi connectivity index (χ4v) is 3.33. The van der Waals surface area contributed by atoms with Gasteiger partial charge in [0.2, 0.25) is 0 Å². The van der Waals surface area contributed by atoms with Gasteiger partial charge < -0.3 is 5.32 Å². The van der Waals surface area contributed by atoms with Crippen LogP contribution in [0.2, 0.25) is 0 Å². The van der Waals surface area contributed by atoms with Crippen LogP contribution in [0, 0.1) is 0 Å². The highest BCUT2D eigenvalue weighted by atomic mass is 32.2. The maximum absolute atomic E-state index is 3.57. The number of hydrogen-bond donors (Lipinski definition) is 1. The summed E-state index contributed by atoms with van der Waals surface area (Å²) < 4.78 is 0. The number of nitrogens with zero attached hydrogens (tertiary/aromatic N) is 1. The summed E-state index contributed by atoms with van der Waals surface area (Å²) in [6, 6.07) is 21.4. The number of thioether (sulfide) groups is 1. The van der Waals surface area contributed by atoms with Crippen molar-refractivity contribution >= 4 is 11.8 Å². The topological polar surface area (TPSA) is 15.3 Å². The van der Waals surface area contributed by atoms with Crippen LogP contribution < -0.4 is 5.32 Å². The molecule has 2 aromatic rings. The Bertz CT molecular complexity index is 516. The molecule has 124 valence electrons. The molecule has 0 unspecified atom stereocenters. The molecule has 0 aliphatic rings. The van der Waals surface area contributed by atoms with Crippen molar-refractivity contribution < 1.29 is 0 Å². The third kappa shape index (κ3) is 7.69. The van der Waals surface area contributed by atoms with Gasteiger partial charge in [-0.3, -0.25) is 4.90 Å². The zero-order chi connectivity index (χ0) is 16.2. The van der Waals surface area contributed by atoms with E-state index < -0.39 is 0 Å². The van der Waals surface area contributed by atoms with Gasteiger partial charge in [-0.1, -0.05) is 55.5 Å². The molecule has 0 amide bonds. The third-order valence-electron chi connectivity index (χ3n) is 3.81. The Morgan fingerprint density at radius 3 is 2.30 bits per heavy atom. The Labute approximate surface area is 145 Å². The lowest BCUT2D eigenvalue weighted by molar-refractivity contribution is 0.279. The van der Waals surface area contributed by atoms with Gasteiger partial charge in [-0.25, -0.2) is 0 Å². The van der Waals surface area contributed by atoms with Crippen LogP contribution in [0.4, 0.5) is 0 Å². The molecule has 0 saturated carbocycles. The van der Waals surface area contributed by atoms with Gasteiger partial charge in [-0.05, 0) is 43.0 Å². The van der Waals surface area contributed by atoms with Gasteiger partial charge in [-0.15, -0.1) is 11.8 Å². The quantitative estimate of drug-likeness (QED) is 0.489. The molecular formula is C20H28N2S. The van der Waals surface area contributed by atoms with Crippen LogP contribution in [0.15, 0.2) is 65.6 Å². The average Bonchev–Trinajstić information content (AvgIpc) is 2.61. The molecule has 0 spiro atoms. The fourth-order valence-electron chi connectivity index (χ4n) is 2.46. The van der Waals surface area contributed by atoms with E-state index >= 15 is 0 Å². The van der Waals surface area contributed by atoms with Gasteiger partial charge in [0, 0.05) is 24.5 Å². The lowest BCUT2D eigenvalue weighted by atomic mass is 10.2. The number of likely N-dealkylation sites (N-methyl/N-ethyl adjacent to an activating group) is 1. The zero-order valence-electron chi connectivity index (χ0n) is 14.1. The highest BCUT2D eigenvalue weighted by Crippen LogP contribution is 2.17. The van der Waals surface area contributed by atoms with Crippen LogP contribution >= 0.6 is 11.8 Å². The van der Waals surface area contributed by atoms with Crippen molar-refractivity contribution in [2.75, 3.05) is 31.9 Å². The normalized spacial score (nSPS) is 11.0. The molecular weight excluding hydrogens is 300 g/mol. The van der Waals surface area contributed by atoms with E-state index in [2.05, 4.69) is 77.8 Å². The highest BCUT2D eigenvalue weighted by molar-refractivity contribution is 7.99. The van der Waals surface area contributed by atoms with Crippen LogP contribution in [0.5, 0.6) is 0 Å². The molecule has 0 aliphatic carbocycles. The minimum absolute atomic E-state index is 1.04. The Morgan fingerprint density at radius 1 is 0.913 bits per heavy atom. The van der Waals surface area contributed by atoms with Gasteiger partial charge in [0.05, 0.1) is 0 Å². The first-order valence-corrected chi connectivity index (χ1v) is 9.52. The average molecular weight is 329 g/mol. The molecule has 0 aliphatic heterocycles. The first-order chi connectivity index (χ1) is 11.4. The molecule has 0 atom stereocenters. The van der Waals surface area contributed by atoms with Crippen molar-refractivity contribution in [3.63, 3.8) is 0 Å². The number of benzene rings is 2. The Morgan fingerprint density at radius 2 is 1.61 bits per heavy atom. The first kappa shape index (κ1) is 18.1. The van der Waals surface area contributed by atoms with Gasteiger partial charge in [-0.2, -0.15) is 0 Å². The summed E-state index contributed by atoms with van der Waals surface area (Å²) in [4.78, 5) is 3.86. The van der Waals surface area contributed by atoms with Gasteiger partial charge in [0.1, 0.15) is 0 Å². The first-order valence-electron chi connectivity index (χ1n) is 8.53. The lowest BCUT2D eigenvalue weighted by Crippen LogP contribution is -2.32. The molecule has 3 heteroatoms. The number of nitrogens with one attached hydrogen (secondary N) is 1. The van der Waals surface area contributed by atoms with Crippen LogP contribution in [-0.2, 0) is 6.54 Å². The van der Waals surface area contributed by atoms with Crippen molar-refractivity contribution in [1.29, 1.82) is 0 Å². The Balaban J connectivity index is 1.52. The van der Waals surface area contributed by atoms with Crippen molar-refractivity contribution in [3.05, 3.63) is 66.2 Å². The molecule has 23 heavy (non-hydrogen) atoms. The third-order valence-corrected chi connectivity index (χ3v) is 4.91. The molecule has 0 saturated heterocycles. The van der Waals surface area contributed by atoms with E-state index in [4.69, 9.17) is 0 Å². The molecule has 2 aromatic carbocycles. The summed E-state index contributed by atoms with van der Waals surface area (Å²) in [7, 11) is 0. The van der Waals surface area contributed by atoms with E-state index in [1.54, 1.807) is 0 Å². The number of hydrogen-bond acceptors (Lipinski definition) is 3. The SMILES string of the molecule is CCN(CCNCCCSc1ccccc1)Cc1ccccc1. The minimum Gasteiger partial charge on any atom is -0.315 e. The standard InChI is InChI=1S/C20H28N2S/c1-2-22(18-19-10-5-3-6-11-19)16-15-21-14-9-17-23-20-12-7-4-8-13-20/h3-8,10-13,21H,2,9,14-18H2,1H3. The van der Waals surface area contributed by atoms with E-state index in [1.165, 1.54) is 22.6 Å². The van der Waals surface area contributed by atoms with Crippen molar-refractivity contribution in [1.82, 2.24) is 10.2 Å². The van der Waals surface area contributed by atoms with Crippen LogP contribution in [-0.4, -0.2) is 36.8 Å². The molecule has 2 nitrogen and oxygen atoms in total. The summed E-state index contributed by atoms with van der Waals surface area (Å²) in [6.07, 6.45) is 1.21. The van der Waals surface area contributed by atoms with E-state index in [1.807, 2.05) is 11.8 Å². The van der Waals surface area contributed by atoms with Gasteiger partial charge in [0.15, 0.2) is 0 Å². The largest absolute Gasteiger partial charge is 0.315 e. The van der Waals surface area contributed by atoms with Crippen LogP contribution in [0.1, 0.15) is 18.9 Å². The van der Waals surface area contributed by atoms with E-state index in [0.29, 0.717) is 0 Å². The van der Waals surface area contributed by atoms with Crippen molar-refractivity contribution in [3.8, 4) is 0 Å². The molecule has 0 radical (unpaired) electrons. The molecule has 0 bridgehead atoms. The Hall–Kier alpha value is -1.29. The fraction of sp³-hybridized carbons (Fsp3) is 0.400. The molecule has 2 rings (SSSR count). The van der Waals surface area contributed by atoms with Crippen LogP contribution in [0.3, 0.4) is 0 Å². The smallest absolute Gasteiger partial charge is 0.0234 e. The lowest BCUT2D eigenvalue weighted by Gasteiger charge is -2.20. The van der Waals surface area contributed by atoms with E-state index in [-0.39, 0.29) is 0 Å². The van der Waals surface area contributed by atoms with Crippen molar-refractivity contribution in [2.45, 2.75) is 24.8 Å². The van der Waals surface area contributed by atoms with E-state index in [9.17, 15) is 0 Å². The summed E-state index contributed by atoms with van der Waals surface area (Å²) in [5.41, 5.74) is 1.40. The van der Waals surface area contributed by atoms with Gasteiger partial charge in [0.25, 0.3) is 0 Å². The summed E-state index contributed by atoms with van der Waals surface area (Å²) >= 11 is 1.94. The monoisotopic (exact) mass is 328 g/mol. The zero-order valence-corrected chi connectivity index (χ0v) is 14.9. The maximum atomic E-state index is 3.57. The summed E-state index contributed by atoms with van der Waals surface area (Å²) in [5.74, 6) is 1.18. The molecule has 1 N–H and O–H groups in total. The predicted octanol–water partition coefficient (Wildman–Crippen LogP) is 4.28. The maximum Gasteiger partial charge on any atom is 0.0234 e. The van der Waals surface area contributed by atoms with E-state index in [0.717, 1.165) is 32.7 Å². The number of rotatable bonds is 11. The second kappa shape index (κ2) is 11.3. The Kier molecular flexibility index (Phi) is 8.85. The summed E-state index contributed by atoms with van der Waals surface area (Å²) in [6.45, 7) is 7.65. The second-order valence-corrected chi connectivity index (χ2v) is 6.79. The van der Waals surface area contributed by atoms with Crippen LogP contribution in [0.25, 0.3) is 0 Å². The van der Waals surface area contributed by atoms with Crippen molar-refractivity contribution in [2.24, 2.45) is 0 Å². The minimum atomic E-state index is 1.04. The predicted molar refractivity (Wildman–Crippen MR) is 102 cm³/mol. The second-order valence-electron chi connectivity index (χ2n) is 5.62.